The minimum Gasteiger partial charge on any atom is -0.480 e. The minimum absolute atomic E-state index is 0.132. The van der Waals surface area contributed by atoms with Crippen molar-refractivity contribution in [1.82, 2.24) is 9.80 Å². The number of likely N-dealkylation sites (tertiary alicyclic amines) is 1. The molecular formula is C18H27FN2O2. The van der Waals surface area contributed by atoms with Crippen molar-refractivity contribution < 1.29 is 14.3 Å². The molecule has 5 heteroatoms. The average molecular weight is 322 g/mol. The Kier molecular flexibility index (Phi) is 6.54. The number of aliphatic carboxylic acids is 1. The highest BCUT2D eigenvalue weighted by atomic mass is 19.1. The lowest BCUT2D eigenvalue weighted by Gasteiger charge is -2.38. The molecule has 0 saturated carbocycles. The van der Waals surface area contributed by atoms with Crippen molar-refractivity contribution in [2.75, 3.05) is 32.7 Å². The molecule has 0 radical (unpaired) electrons. The Balaban J connectivity index is 1.82. The maximum atomic E-state index is 13.0. The molecule has 1 atom stereocenters. The maximum absolute atomic E-state index is 13.0. The zero-order valence-corrected chi connectivity index (χ0v) is 14.0. The molecule has 1 N–H and O–H groups in total. The Bertz CT molecular complexity index is 498. The average Bonchev–Trinajstić information content (AvgIpc) is 2.54. The van der Waals surface area contributed by atoms with Crippen molar-refractivity contribution in [2.45, 2.75) is 38.6 Å². The second-order valence-corrected chi connectivity index (χ2v) is 6.44. The van der Waals surface area contributed by atoms with Crippen LogP contribution >= 0.6 is 0 Å². The summed E-state index contributed by atoms with van der Waals surface area (Å²) in [6.07, 6.45) is 2.02. The van der Waals surface area contributed by atoms with Crippen molar-refractivity contribution in [1.29, 1.82) is 0 Å². The van der Waals surface area contributed by atoms with Crippen LogP contribution in [0.3, 0.4) is 0 Å². The highest BCUT2D eigenvalue weighted by Crippen LogP contribution is 2.21. The molecule has 0 amide bonds. The van der Waals surface area contributed by atoms with Crippen LogP contribution in [-0.2, 0) is 4.79 Å². The molecule has 1 aliphatic rings. The summed E-state index contributed by atoms with van der Waals surface area (Å²) in [5.74, 6) is -0.576. The van der Waals surface area contributed by atoms with Gasteiger partial charge in [-0.2, -0.15) is 0 Å². The van der Waals surface area contributed by atoms with E-state index in [1.165, 1.54) is 12.1 Å². The van der Waals surface area contributed by atoms with E-state index in [2.05, 4.69) is 16.7 Å². The number of carboxylic acids is 1. The Morgan fingerprint density at radius 3 is 2.48 bits per heavy atom. The summed E-state index contributed by atoms with van der Waals surface area (Å²) >= 11 is 0. The molecular weight excluding hydrogens is 295 g/mol. The normalized spacial score (nSPS) is 18.3. The summed E-state index contributed by atoms with van der Waals surface area (Å²) in [4.78, 5) is 15.4. The van der Waals surface area contributed by atoms with Crippen LogP contribution in [0.15, 0.2) is 24.3 Å². The zero-order chi connectivity index (χ0) is 16.8. The predicted octanol–water partition coefficient (Wildman–Crippen LogP) is 2.80. The molecule has 1 aliphatic heterocycles. The smallest absolute Gasteiger partial charge is 0.317 e. The lowest BCUT2D eigenvalue weighted by molar-refractivity contribution is -0.139. The molecule has 0 spiro atoms. The fourth-order valence-electron chi connectivity index (χ4n) is 3.42. The van der Waals surface area contributed by atoms with Crippen molar-refractivity contribution in [3.8, 4) is 0 Å². The third-order valence-electron chi connectivity index (χ3n) is 4.79. The first-order valence-corrected chi connectivity index (χ1v) is 8.43. The number of halogens is 1. The van der Waals surface area contributed by atoms with Gasteiger partial charge in [-0.1, -0.05) is 26.0 Å². The van der Waals surface area contributed by atoms with Crippen molar-refractivity contribution in [2.24, 2.45) is 0 Å². The number of carboxylic acid groups (broad SMARTS) is 1. The molecule has 2 rings (SSSR count). The standard InChI is InChI=1S/C18H27FN2O2/c1-3-21(13-18(22)23)17-8-10-20(11-9-17)12-14(2)15-4-6-16(19)7-5-15/h4-7,14,17H,3,8-13H2,1-2H3,(H,22,23). The van der Waals surface area contributed by atoms with Crippen molar-refractivity contribution >= 4 is 5.97 Å². The largest absolute Gasteiger partial charge is 0.480 e. The summed E-state index contributed by atoms with van der Waals surface area (Å²) < 4.78 is 13.0. The molecule has 1 aromatic rings. The molecule has 1 saturated heterocycles. The van der Waals surface area contributed by atoms with Gasteiger partial charge in [0.25, 0.3) is 0 Å². The van der Waals surface area contributed by atoms with Gasteiger partial charge in [0.1, 0.15) is 5.82 Å². The van der Waals surface area contributed by atoms with Gasteiger partial charge in [-0.3, -0.25) is 9.69 Å². The number of hydrogen-bond donors (Lipinski definition) is 1. The van der Waals surface area contributed by atoms with E-state index in [0.29, 0.717) is 12.0 Å². The van der Waals surface area contributed by atoms with Gasteiger partial charge in [0.05, 0.1) is 6.54 Å². The van der Waals surface area contributed by atoms with Gasteiger partial charge in [0.2, 0.25) is 0 Å². The van der Waals surface area contributed by atoms with Gasteiger partial charge in [-0.25, -0.2) is 4.39 Å². The van der Waals surface area contributed by atoms with Crippen LogP contribution in [0.2, 0.25) is 0 Å². The molecule has 0 bridgehead atoms. The molecule has 1 aromatic carbocycles. The van der Waals surface area contributed by atoms with Gasteiger partial charge in [-0.05, 0) is 56.1 Å². The molecule has 0 aromatic heterocycles. The molecule has 1 heterocycles. The summed E-state index contributed by atoms with van der Waals surface area (Å²) in [5, 5.41) is 8.98. The SMILES string of the molecule is CCN(CC(=O)O)C1CCN(CC(C)c2ccc(F)cc2)CC1. The summed E-state index contributed by atoms with van der Waals surface area (Å²) in [6, 6.07) is 7.12. The second kappa shape index (κ2) is 8.41. The molecule has 1 unspecified atom stereocenters. The monoisotopic (exact) mass is 322 g/mol. The van der Waals surface area contributed by atoms with Crippen LogP contribution in [0, 0.1) is 5.82 Å². The molecule has 4 nitrogen and oxygen atoms in total. The van der Waals surface area contributed by atoms with Crippen LogP contribution in [0.5, 0.6) is 0 Å². The summed E-state index contributed by atoms with van der Waals surface area (Å²) in [5.41, 5.74) is 1.16. The quantitative estimate of drug-likeness (QED) is 0.838. The van der Waals surface area contributed by atoms with E-state index in [4.69, 9.17) is 5.11 Å². The Morgan fingerprint density at radius 1 is 1.35 bits per heavy atom. The highest BCUT2D eigenvalue weighted by molar-refractivity contribution is 5.69. The van der Waals surface area contributed by atoms with Gasteiger partial charge in [-0.15, -0.1) is 0 Å². The van der Waals surface area contributed by atoms with Crippen LogP contribution in [0.25, 0.3) is 0 Å². The van der Waals surface area contributed by atoms with Crippen LogP contribution in [0.4, 0.5) is 4.39 Å². The topological polar surface area (TPSA) is 43.8 Å². The fourth-order valence-corrected chi connectivity index (χ4v) is 3.42. The van der Waals surface area contributed by atoms with Gasteiger partial charge < -0.3 is 10.0 Å². The number of benzene rings is 1. The molecule has 128 valence electrons. The van der Waals surface area contributed by atoms with Crippen LogP contribution in [-0.4, -0.2) is 59.6 Å². The maximum Gasteiger partial charge on any atom is 0.317 e. The lowest BCUT2D eigenvalue weighted by atomic mass is 9.97. The minimum atomic E-state index is -0.751. The second-order valence-electron chi connectivity index (χ2n) is 6.44. The summed E-state index contributed by atoms with van der Waals surface area (Å²) in [6.45, 7) is 8.05. The number of rotatable bonds is 7. The van der Waals surface area contributed by atoms with Crippen LogP contribution < -0.4 is 0 Å². The first-order chi connectivity index (χ1) is 11.0. The number of nitrogens with zero attached hydrogens (tertiary/aromatic N) is 2. The first-order valence-electron chi connectivity index (χ1n) is 8.43. The Morgan fingerprint density at radius 2 is 1.96 bits per heavy atom. The van der Waals surface area contributed by atoms with Crippen LogP contribution in [0.1, 0.15) is 38.2 Å². The van der Waals surface area contributed by atoms with Gasteiger partial charge in [0.15, 0.2) is 0 Å². The number of carbonyl (C=O) groups is 1. The van der Waals surface area contributed by atoms with E-state index in [1.54, 1.807) is 0 Å². The Hall–Kier alpha value is -1.46. The van der Waals surface area contributed by atoms with E-state index < -0.39 is 5.97 Å². The molecule has 0 aliphatic carbocycles. The highest BCUT2D eigenvalue weighted by Gasteiger charge is 2.25. The lowest BCUT2D eigenvalue weighted by Crippen LogP contribution is -2.47. The van der Waals surface area contributed by atoms with E-state index in [0.717, 1.165) is 44.6 Å². The third-order valence-corrected chi connectivity index (χ3v) is 4.79. The van der Waals surface area contributed by atoms with E-state index in [1.807, 2.05) is 19.1 Å². The zero-order valence-electron chi connectivity index (χ0n) is 14.0. The van der Waals surface area contributed by atoms with E-state index in [-0.39, 0.29) is 12.4 Å². The van der Waals surface area contributed by atoms with Gasteiger partial charge in [0, 0.05) is 12.6 Å². The van der Waals surface area contributed by atoms with Crippen molar-refractivity contribution in [3.63, 3.8) is 0 Å². The summed E-state index contributed by atoms with van der Waals surface area (Å²) in [7, 11) is 0. The number of piperidine rings is 1. The van der Waals surface area contributed by atoms with Crippen molar-refractivity contribution in [3.05, 3.63) is 35.6 Å². The molecule has 23 heavy (non-hydrogen) atoms. The molecule has 1 fully saturated rings. The first kappa shape index (κ1) is 17.9. The van der Waals surface area contributed by atoms with Gasteiger partial charge >= 0.3 is 5.97 Å². The predicted molar refractivity (Wildman–Crippen MR) is 89.2 cm³/mol. The third kappa shape index (κ3) is 5.29. The van der Waals surface area contributed by atoms with E-state index in [9.17, 15) is 9.18 Å². The Labute approximate surface area is 137 Å². The number of hydrogen-bond acceptors (Lipinski definition) is 3. The van der Waals surface area contributed by atoms with E-state index >= 15 is 0 Å². The number of likely N-dealkylation sites (N-methyl/N-ethyl adjacent to an activating group) is 1. The fraction of sp³-hybridized carbons (Fsp3) is 0.611.